The van der Waals surface area contributed by atoms with Crippen LogP contribution in [-0.2, 0) is 9.53 Å². The molecule has 0 unspecified atom stereocenters. The number of amides is 1. The van der Waals surface area contributed by atoms with Gasteiger partial charge in [0.05, 0.1) is 11.7 Å². The van der Waals surface area contributed by atoms with Crippen LogP contribution in [0.3, 0.4) is 0 Å². The van der Waals surface area contributed by atoms with Gasteiger partial charge >= 0.3 is 0 Å². The van der Waals surface area contributed by atoms with Crippen LogP contribution < -0.4 is 0 Å². The Bertz CT molecular complexity index is 648. The van der Waals surface area contributed by atoms with Crippen molar-refractivity contribution in [1.29, 1.82) is 0 Å². The lowest BCUT2D eigenvalue weighted by molar-refractivity contribution is -0.142. The van der Waals surface area contributed by atoms with Crippen LogP contribution in [0.2, 0.25) is 0 Å². The monoisotopic (exact) mass is 316 g/mol. The number of carbonyl (C=O) groups excluding carboxylic acids is 1. The Kier molecular flexibility index (Phi) is 5.82. The van der Waals surface area contributed by atoms with Crippen LogP contribution >= 0.6 is 0 Å². The maximum atomic E-state index is 13.6. The maximum Gasteiger partial charge on any atom is 0.251 e. The molecule has 5 heteroatoms. The molecule has 1 amide bonds. The van der Waals surface area contributed by atoms with E-state index in [2.05, 4.69) is 4.98 Å². The third-order valence-corrected chi connectivity index (χ3v) is 3.63. The molecule has 4 nitrogen and oxygen atoms in total. The average molecular weight is 316 g/mol. The molecular weight excluding hydrogens is 295 g/mol. The van der Waals surface area contributed by atoms with Crippen LogP contribution in [0.4, 0.5) is 4.39 Å². The molecule has 2 rings (SSSR count). The van der Waals surface area contributed by atoms with Gasteiger partial charge in [-0.25, -0.2) is 4.39 Å². The molecule has 0 bridgehead atoms. The molecular formula is C18H21FN2O2. The highest BCUT2D eigenvalue weighted by Crippen LogP contribution is 2.27. The summed E-state index contributed by atoms with van der Waals surface area (Å²) in [7, 11) is 1.68. The topological polar surface area (TPSA) is 42.4 Å². The number of benzene rings is 1. The molecule has 0 N–H and O–H groups in total. The number of aromatic nitrogens is 1. The standard InChI is InChI=1S/C18H21FN2O2/c1-4-23-13(2)18(22)21(3)17(16-10-5-6-11-20-16)14-8-7-9-15(19)12-14/h5-13,17H,4H2,1-3H3/t13-,17+/m0/s1. The van der Waals surface area contributed by atoms with Crippen LogP contribution in [0.15, 0.2) is 48.7 Å². The van der Waals surface area contributed by atoms with Crippen molar-refractivity contribution in [3.8, 4) is 0 Å². The molecule has 2 atom stereocenters. The fraction of sp³-hybridized carbons (Fsp3) is 0.333. The van der Waals surface area contributed by atoms with E-state index < -0.39 is 12.1 Å². The van der Waals surface area contributed by atoms with Gasteiger partial charge in [0.25, 0.3) is 5.91 Å². The lowest BCUT2D eigenvalue weighted by Crippen LogP contribution is -2.39. The van der Waals surface area contributed by atoms with Crippen molar-refractivity contribution < 1.29 is 13.9 Å². The number of pyridine rings is 1. The van der Waals surface area contributed by atoms with Gasteiger partial charge in [-0.05, 0) is 43.7 Å². The Morgan fingerprint density at radius 3 is 2.70 bits per heavy atom. The van der Waals surface area contributed by atoms with Crippen molar-refractivity contribution in [2.75, 3.05) is 13.7 Å². The van der Waals surface area contributed by atoms with E-state index in [0.717, 1.165) is 0 Å². The largest absolute Gasteiger partial charge is 0.369 e. The summed E-state index contributed by atoms with van der Waals surface area (Å²) in [5, 5.41) is 0. The van der Waals surface area contributed by atoms with Gasteiger partial charge in [0, 0.05) is 19.9 Å². The number of ether oxygens (including phenoxy) is 1. The van der Waals surface area contributed by atoms with E-state index in [1.54, 1.807) is 43.3 Å². The number of carbonyl (C=O) groups is 1. The van der Waals surface area contributed by atoms with E-state index in [1.165, 1.54) is 12.1 Å². The summed E-state index contributed by atoms with van der Waals surface area (Å²) >= 11 is 0. The molecule has 0 fully saturated rings. The Labute approximate surface area is 135 Å². The summed E-state index contributed by atoms with van der Waals surface area (Å²) in [5.74, 6) is -0.520. The molecule has 0 saturated heterocycles. The first-order chi connectivity index (χ1) is 11.0. The molecule has 122 valence electrons. The minimum Gasteiger partial charge on any atom is -0.369 e. The predicted molar refractivity (Wildman–Crippen MR) is 86.3 cm³/mol. The molecule has 0 radical (unpaired) electrons. The van der Waals surface area contributed by atoms with E-state index in [0.29, 0.717) is 17.9 Å². The molecule has 23 heavy (non-hydrogen) atoms. The van der Waals surface area contributed by atoms with Crippen molar-refractivity contribution in [3.05, 3.63) is 65.7 Å². The molecule has 1 aromatic heterocycles. The first-order valence-corrected chi connectivity index (χ1v) is 7.59. The van der Waals surface area contributed by atoms with Crippen LogP contribution in [0.5, 0.6) is 0 Å². The highest BCUT2D eigenvalue weighted by molar-refractivity contribution is 5.81. The second-order valence-electron chi connectivity index (χ2n) is 5.26. The summed E-state index contributed by atoms with van der Waals surface area (Å²) in [4.78, 5) is 18.5. The van der Waals surface area contributed by atoms with Gasteiger partial charge < -0.3 is 9.64 Å². The van der Waals surface area contributed by atoms with E-state index in [1.807, 2.05) is 19.1 Å². The van der Waals surface area contributed by atoms with Crippen LogP contribution in [-0.4, -0.2) is 35.5 Å². The molecule has 0 aliphatic heterocycles. The molecule has 1 heterocycles. The zero-order chi connectivity index (χ0) is 16.8. The quantitative estimate of drug-likeness (QED) is 0.822. The van der Waals surface area contributed by atoms with E-state index in [-0.39, 0.29) is 11.7 Å². The lowest BCUT2D eigenvalue weighted by Gasteiger charge is -2.30. The molecule has 0 saturated carbocycles. The van der Waals surface area contributed by atoms with Crippen molar-refractivity contribution in [1.82, 2.24) is 9.88 Å². The zero-order valence-corrected chi connectivity index (χ0v) is 13.6. The molecule has 2 aromatic rings. The Hall–Kier alpha value is -2.27. The van der Waals surface area contributed by atoms with Gasteiger partial charge in [-0.3, -0.25) is 9.78 Å². The van der Waals surface area contributed by atoms with Crippen LogP contribution in [0.25, 0.3) is 0 Å². The normalized spacial score (nSPS) is 13.4. The van der Waals surface area contributed by atoms with Gasteiger partial charge in [0.15, 0.2) is 0 Å². The highest BCUT2D eigenvalue weighted by Gasteiger charge is 2.28. The van der Waals surface area contributed by atoms with Gasteiger partial charge in [0.2, 0.25) is 0 Å². The highest BCUT2D eigenvalue weighted by atomic mass is 19.1. The molecule has 0 aliphatic rings. The Balaban J connectivity index is 2.40. The predicted octanol–water partition coefficient (Wildman–Crippen LogP) is 3.19. The second-order valence-corrected chi connectivity index (χ2v) is 5.26. The van der Waals surface area contributed by atoms with E-state index in [9.17, 15) is 9.18 Å². The number of rotatable bonds is 6. The molecule has 1 aromatic carbocycles. The number of nitrogens with zero attached hydrogens (tertiary/aromatic N) is 2. The van der Waals surface area contributed by atoms with Crippen molar-refractivity contribution in [2.45, 2.75) is 26.0 Å². The lowest BCUT2D eigenvalue weighted by atomic mass is 10.0. The van der Waals surface area contributed by atoms with Crippen LogP contribution in [0, 0.1) is 5.82 Å². The summed E-state index contributed by atoms with van der Waals surface area (Å²) in [6, 6.07) is 11.2. The maximum absolute atomic E-state index is 13.6. The number of hydrogen-bond donors (Lipinski definition) is 0. The van der Waals surface area contributed by atoms with Crippen molar-refractivity contribution in [3.63, 3.8) is 0 Å². The number of halogens is 1. The van der Waals surface area contributed by atoms with Crippen molar-refractivity contribution >= 4 is 5.91 Å². The van der Waals surface area contributed by atoms with Gasteiger partial charge in [0.1, 0.15) is 11.9 Å². The van der Waals surface area contributed by atoms with Gasteiger partial charge in [-0.1, -0.05) is 18.2 Å². The fourth-order valence-electron chi connectivity index (χ4n) is 2.54. The minimum absolute atomic E-state index is 0.174. The SMILES string of the molecule is CCO[C@@H](C)C(=O)N(C)[C@H](c1cccc(F)c1)c1ccccn1. The van der Waals surface area contributed by atoms with Gasteiger partial charge in [-0.15, -0.1) is 0 Å². The minimum atomic E-state index is -0.565. The number of hydrogen-bond acceptors (Lipinski definition) is 3. The van der Waals surface area contributed by atoms with E-state index >= 15 is 0 Å². The second kappa shape index (κ2) is 7.83. The third-order valence-electron chi connectivity index (χ3n) is 3.63. The van der Waals surface area contributed by atoms with Crippen LogP contribution in [0.1, 0.15) is 31.1 Å². The number of likely N-dealkylation sites (N-methyl/N-ethyl adjacent to an activating group) is 1. The first kappa shape index (κ1) is 17.1. The van der Waals surface area contributed by atoms with Crippen molar-refractivity contribution in [2.24, 2.45) is 0 Å². The molecule has 0 spiro atoms. The smallest absolute Gasteiger partial charge is 0.251 e. The Morgan fingerprint density at radius 2 is 2.09 bits per heavy atom. The van der Waals surface area contributed by atoms with Gasteiger partial charge in [-0.2, -0.15) is 0 Å². The summed E-state index contributed by atoms with van der Waals surface area (Å²) < 4.78 is 19.0. The summed E-state index contributed by atoms with van der Waals surface area (Å²) in [5.41, 5.74) is 1.35. The summed E-state index contributed by atoms with van der Waals surface area (Å²) in [6.45, 7) is 4.00. The summed E-state index contributed by atoms with van der Waals surface area (Å²) in [6.07, 6.45) is 1.09. The molecule has 0 aliphatic carbocycles. The fourth-order valence-corrected chi connectivity index (χ4v) is 2.54. The Morgan fingerprint density at radius 1 is 1.30 bits per heavy atom. The average Bonchev–Trinajstić information content (AvgIpc) is 2.55. The third kappa shape index (κ3) is 4.13. The zero-order valence-electron chi connectivity index (χ0n) is 13.6. The first-order valence-electron chi connectivity index (χ1n) is 7.59. The van der Waals surface area contributed by atoms with E-state index in [4.69, 9.17) is 4.74 Å².